The molecular formula is C11H10O3S. The quantitative estimate of drug-likeness (QED) is 0.750. The fourth-order valence-electron chi connectivity index (χ4n) is 1.48. The van der Waals surface area contributed by atoms with Crippen molar-refractivity contribution in [2.45, 2.75) is 19.3 Å². The molecule has 4 heteroatoms. The molecule has 0 aliphatic rings. The van der Waals surface area contributed by atoms with Gasteiger partial charge in [-0.15, -0.1) is 0 Å². The Kier molecular flexibility index (Phi) is 2.68. The van der Waals surface area contributed by atoms with Crippen LogP contribution >= 0.6 is 11.3 Å². The first kappa shape index (κ1) is 10.1. The Morgan fingerprint density at radius 3 is 3.07 bits per heavy atom. The Morgan fingerprint density at radius 1 is 1.53 bits per heavy atom. The Morgan fingerprint density at radius 2 is 2.33 bits per heavy atom. The highest BCUT2D eigenvalue weighted by Gasteiger charge is 2.08. The van der Waals surface area contributed by atoms with E-state index in [-0.39, 0.29) is 10.9 Å². The van der Waals surface area contributed by atoms with Gasteiger partial charge in [-0.25, -0.2) is 4.79 Å². The van der Waals surface area contributed by atoms with Crippen LogP contribution in [0.1, 0.15) is 24.8 Å². The van der Waals surface area contributed by atoms with Crippen molar-refractivity contribution in [2.75, 3.05) is 0 Å². The number of hydrogen-bond acceptors (Lipinski definition) is 4. The lowest BCUT2D eigenvalue weighted by Gasteiger charge is -2.06. The van der Waals surface area contributed by atoms with Crippen molar-refractivity contribution in [3.05, 3.63) is 33.5 Å². The molecule has 2 rings (SSSR count). The molecule has 1 heterocycles. The Bertz CT molecular complexity index is 538. The topological polar surface area (TPSA) is 47.3 Å². The van der Waals surface area contributed by atoms with E-state index in [9.17, 15) is 9.59 Å². The van der Waals surface area contributed by atoms with Crippen molar-refractivity contribution in [3.8, 4) is 0 Å². The molecule has 0 aliphatic heterocycles. The highest BCUT2D eigenvalue weighted by Crippen LogP contribution is 2.24. The average Bonchev–Trinajstić information content (AvgIpc) is 2.57. The van der Waals surface area contributed by atoms with Gasteiger partial charge in [-0.05, 0) is 23.6 Å². The smallest absolute Gasteiger partial charge is 0.396 e. The maximum Gasteiger partial charge on any atom is 0.396 e. The molecule has 1 aromatic carbocycles. The Labute approximate surface area is 90.3 Å². The third-order valence-corrected chi connectivity index (χ3v) is 3.18. The molecule has 1 atom stereocenters. The number of carbonyl (C=O) groups excluding carboxylic acids is 1. The van der Waals surface area contributed by atoms with Gasteiger partial charge in [0.05, 0.1) is 4.70 Å². The van der Waals surface area contributed by atoms with Crippen LogP contribution in [0, 0.1) is 0 Å². The van der Waals surface area contributed by atoms with Crippen LogP contribution < -0.4 is 4.94 Å². The van der Waals surface area contributed by atoms with E-state index in [1.807, 2.05) is 25.1 Å². The average molecular weight is 222 g/mol. The predicted octanol–water partition coefficient (Wildman–Crippen LogP) is 2.55. The Balaban J connectivity index is 2.45. The first-order valence-corrected chi connectivity index (χ1v) is 5.49. The van der Waals surface area contributed by atoms with E-state index in [4.69, 9.17) is 4.42 Å². The molecule has 0 N–H and O–H groups in total. The van der Waals surface area contributed by atoms with Crippen molar-refractivity contribution >= 4 is 27.9 Å². The van der Waals surface area contributed by atoms with E-state index >= 15 is 0 Å². The van der Waals surface area contributed by atoms with Crippen LogP contribution in [-0.2, 0) is 4.79 Å². The molecule has 0 amide bonds. The second kappa shape index (κ2) is 3.98. The van der Waals surface area contributed by atoms with E-state index in [0.717, 1.165) is 27.9 Å². The minimum atomic E-state index is -0.287. The summed E-state index contributed by atoms with van der Waals surface area (Å²) in [5.41, 5.74) is 1.64. The van der Waals surface area contributed by atoms with Crippen molar-refractivity contribution in [3.63, 3.8) is 0 Å². The zero-order chi connectivity index (χ0) is 10.8. The molecule has 2 aromatic rings. The van der Waals surface area contributed by atoms with Crippen molar-refractivity contribution in [2.24, 2.45) is 0 Å². The summed E-state index contributed by atoms with van der Waals surface area (Å²) in [5.74, 6) is 0.164. The van der Waals surface area contributed by atoms with Crippen LogP contribution in [0.15, 0.2) is 27.4 Å². The second-order valence-corrected chi connectivity index (χ2v) is 4.44. The molecule has 1 aromatic heterocycles. The van der Waals surface area contributed by atoms with Gasteiger partial charge in [0.25, 0.3) is 0 Å². The van der Waals surface area contributed by atoms with Crippen LogP contribution in [0.4, 0.5) is 0 Å². The first-order chi connectivity index (χ1) is 7.20. The molecule has 0 radical (unpaired) electrons. The van der Waals surface area contributed by atoms with Crippen LogP contribution in [0.25, 0.3) is 10.3 Å². The molecule has 0 aliphatic carbocycles. The molecule has 0 bridgehead atoms. The zero-order valence-corrected chi connectivity index (χ0v) is 9.04. The van der Waals surface area contributed by atoms with Gasteiger partial charge in [0.1, 0.15) is 11.9 Å². The van der Waals surface area contributed by atoms with E-state index in [2.05, 4.69) is 0 Å². The summed E-state index contributed by atoms with van der Waals surface area (Å²) >= 11 is 1.09. The summed E-state index contributed by atoms with van der Waals surface area (Å²) < 4.78 is 5.86. The number of aldehydes is 1. The second-order valence-electron chi connectivity index (χ2n) is 3.46. The molecule has 78 valence electrons. The lowest BCUT2D eigenvalue weighted by molar-refractivity contribution is -0.108. The number of rotatable bonds is 3. The molecule has 15 heavy (non-hydrogen) atoms. The highest BCUT2D eigenvalue weighted by atomic mass is 32.1. The minimum Gasteiger partial charge on any atom is -0.414 e. The maximum absolute atomic E-state index is 11.0. The van der Waals surface area contributed by atoms with Crippen molar-refractivity contribution < 1.29 is 9.21 Å². The standard InChI is InChI=1S/C11H10O3S/c1-7(4-5-12)8-2-3-10-9(6-8)14-11(13)15-10/h2-3,5-7H,4H2,1H3. The lowest BCUT2D eigenvalue weighted by atomic mass is 9.99. The maximum atomic E-state index is 11.0. The van der Waals surface area contributed by atoms with Crippen molar-refractivity contribution in [1.29, 1.82) is 0 Å². The van der Waals surface area contributed by atoms with Gasteiger partial charge in [0.15, 0.2) is 0 Å². The summed E-state index contributed by atoms with van der Waals surface area (Å²) in [5, 5.41) is 0. The minimum absolute atomic E-state index is 0.164. The number of hydrogen-bond donors (Lipinski definition) is 0. The SMILES string of the molecule is CC(CC=O)c1ccc2sc(=O)oc2c1. The van der Waals surface area contributed by atoms with Gasteiger partial charge in [0, 0.05) is 6.42 Å². The van der Waals surface area contributed by atoms with Crippen LogP contribution in [0.2, 0.25) is 0 Å². The normalized spacial score (nSPS) is 12.9. The molecule has 3 nitrogen and oxygen atoms in total. The van der Waals surface area contributed by atoms with Gasteiger partial charge >= 0.3 is 4.94 Å². The molecule has 0 spiro atoms. The number of carbonyl (C=O) groups is 1. The summed E-state index contributed by atoms with van der Waals surface area (Å²) in [7, 11) is 0. The van der Waals surface area contributed by atoms with Crippen LogP contribution in [-0.4, -0.2) is 6.29 Å². The third-order valence-electron chi connectivity index (χ3n) is 2.37. The van der Waals surface area contributed by atoms with E-state index in [1.165, 1.54) is 0 Å². The van der Waals surface area contributed by atoms with Crippen LogP contribution in [0.3, 0.4) is 0 Å². The molecule has 0 fully saturated rings. The Hall–Kier alpha value is -1.42. The van der Waals surface area contributed by atoms with Gasteiger partial charge in [-0.3, -0.25) is 0 Å². The summed E-state index contributed by atoms with van der Waals surface area (Å²) in [6.45, 7) is 1.97. The molecule has 0 saturated carbocycles. The van der Waals surface area contributed by atoms with Gasteiger partial charge in [0.2, 0.25) is 0 Å². The largest absolute Gasteiger partial charge is 0.414 e. The highest BCUT2D eigenvalue weighted by molar-refractivity contribution is 7.16. The monoisotopic (exact) mass is 222 g/mol. The predicted molar refractivity (Wildman–Crippen MR) is 59.5 cm³/mol. The van der Waals surface area contributed by atoms with E-state index < -0.39 is 0 Å². The summed E-state index contributed by atoms with van der Waals surface area (Å²) in [6, 6.07) is 5.63. The van der Waals surface area contributed by atoms with Crippen molar-refractivity contribution in [1.82, 2.24) is 0 Å². The summed E-state index contributed by atoms with van der Waals surface area (Å²) in [4.78, 5) is 21.1. The van der Waals surface area contributed by atoms with Gasteiger partial charge in [-0.2, -0.15) is 0 Å². The van der Waals surface area contributed by atoms with E-state index in [0.29, 0.717) is 12.0 Å². The first-order valence-electron chi connectivity index (χ1n) is 4.68. The van der Waals surface area contributed by atoms with E-state index in [1.54, 1.807) is 0 Å². The molecule has 1 unspecified atom stereocenters. The molecule has 0 saturated heterocycles. The zero-order valence-electron chi connectivity index (χ0n) is 8.23. The number of benzene rings is 1. The third kappa shape index (κ3) is 1.99. The lowest BCUT2D eigenvalue weighted by Crippen LogP contribution is -1.93. The van der Waals surface area contributed by atoms with Gasteiger partial charge in [-0.1, -0.05) is 24.3 Å². The van der Waals surface area contributed by atoms with Crippen LogP contribution in [0.5, 0.6) is 0 Å². The van der Waals surface area contributed by atoms with Gasteiger partial charge < -0.3 is 9.21 Å². The fourth-order valence-corrected chi connectivity index (χ4v) is 2.12. The number of fused-ring (bicyclic) bond motifs is 1. The fraction of sp³-hybridized carbons (Fsp3) is 0.273. The molecular weight excluding hydrogens is 212 g/mol. The summed E-state index contributed by atoms with van der Waals surface area (Å²) in [6.07, 6.45) is 1.39.